The Morgan fingerprint density at radius 1 is 1.00 bits per heavy atom. The van der Waals surface area contributed by atoms with Gasteiger partial charge in [0, 0.05) is 6.54 Å². The molecule has 0 fully saturated rings. The monoisotopic (exact) mass is 251 g/mol. The lowest BCUT2D eigenvalue weighted by molar-refractivity contribution is -0.135. The molecule has 0 aromatic carbocycles. The van der Waals surface area contributed by atoms with Crippen molar-refractivity contribution in [2.75, 3.05) is 33.0 Å². The molecule has 0 aliphatic rings. The Labute approximate surface area is 102 Å². The zero-order valence-electron chi connectivity index (χ0n) is 10.6. The number of aliphatic hydroxyl groups excluding tert-OH is 5. The SMILES string of the molecule is CC(C)CC(O)N(CCO)C(CO)(CO)CO. The van der Waals surface area contributed by atoms with Crippen molar-refractivity contribution in [2.45, 2.75) is 32.0 Å². The van der Waals surface area contributed by atoms with Gasteiger partial charge in [0.2, 0.25) is 0 Å². The zero-order chi connectivity index (χ0) is 13.5. The summed E-state index contributed by atoms with van der Waals surface area (Å²) < 4.78 is 0. The molecule has 1 unspecified atom stereocenters. The molecule has 0 aliphatic heterocycles. The maximum absolute atomic E-state index is 10.0. The van der Waals surface area contributed by atoms with Crippen LogP contribution in [-0.4, -0.2) is 75.2 Å². The summed E-state index contributed by atoms with van der Waals surface area (Å²) in [6, 6.07) is 0. The number of hydrogen-bond acceptors (Lipinski definition) is 6. The fourth-order valence-electron chi connectivity index (χ4n) is 1.78. The minimum Gasteiger partial charge on any atom is -0.395 e. The average Bonchev–Trinajstić information content (AvgIpc) is 2.29. The molecule has 104 valence electrons. The Morgan fingerprint density at radius 2 is 1.47 bits per heavy atom. The standard InChI is InChI=1S/C11H25NO5/c1-9(2)5-10(17)12(3-4-13)11(6-14,7-15)8-16/h9-10,13-17H,3-8H2,1-2H3. The number of β-amino-alcohol motifs (C(OH)–C–C–N with tert-alkyl or cyclic N) is 1. The van der Waals surface area contributed by atoms with Crippen LogP contribution >= 0.6 is 0 Å². The fourth-order valence-corrected chi connectivity index (χ4v) is 1.78. The van der Waals surface area contributed by atoms with Gasteiger partial charge in [-0.05, 0) is 12.3 Å². The highest BCUT2D eigenvalue weighted by Crippen LogP contribution is 2.20. The third-order valence-electron chi connectivity index (χ3n) is 2.88. The minimum absolute atomic E-state index is 0.0789. The van der Waals surface area contributed by atoms with Crippen molar-refractivity contribution in [3.8, 4) is 0 Å². The predicted octanol–water partition coefficient (Wildman–Crippen LogP) is -1.64. The Hall–Kier alpha value is -0.240. The molecular weight excluding hydrogens is 226 g/mol. The summed E-state index contributed by atoms with van der Waals surface area (Å²) in [6.07, 6.45) is -0.490. The Morgan fingerprint density at radius 3 is 1.76 bits per heavy atom. The van der Waals surface area contributed by atoms with Gasteiger partial charge in [0.25, 0.3) is 0 Å². The summed E-state index contributed by atoms with van der Waals surface area (Å²) in [7, 11) is 0. The molecule has 5 N–H and O–H groups in total. The molecule has 0 saturated heterocycles. The number of rotatable bonds is 9. The van der Waals surface area contributed by atoms with Gasteiger partial charge in [-0.15, -0.1) is 0 Å². The second-order valence-corrected chi connectivity index (χ2v) is 4.73. The number of nitrogens with zero attached hydrogens (tertiary/aromatic N) is 1. The summed E-state index contributed by atoms with van der Waals surface area (Å²) in [5.74, 6) is 0.222. The molecule has 1 atom stereocenters. The first-order valence-corrected chi connectivity index (χ1v) is 5.85. The molecule has 0 bridgehead atoms. The highest BCUT2D eigenvalue weighted by atomic mass is 16.3. The molecule has 0 aliphatic carbocycles. The molecule has 0 amide bonds. The van der Waals surface area contributed by atoms with Crippen molar-refractivity contribution >= 4 is 0 Å². The van der Waals surface area contributed by atoms with Crippen LogP contribution in [0.1, 0.15) is 20.3 Å². The molecule has 6 nitrogen and oxygen atoms in total. The molecule has 0 heterocycles. The first-order chi connectivity index (χ1) is 7.97. The average molecular weight is 251 g/mol. The van der Waals surface area contributed by atoms with Gasteiger partial charge >= 0.3 is 0 Å². The Balaban J connectivity index is 4.90. The molecule has 6 heteroatoms. The van der Waals surface area contributed by atoms with Crippen molar-refractivity contribution in [3.05, 3.63) is 0 Å². The highest BCUT2D eigenvalue weighted by molar-refractivity contribution is 4.90. The van der Waals surface area contributed by atoms with E-state index in [4.69, 9.17) is 5.11 Å². The van der Waals surface area contributed by atoms with Gasteiger partial charge in [-0.2, -0.15) is 0 Å². The topological polar surface area (TPSA) is 104 Å². The summed E-state index contributed by atoms with van der Waals surface area (Å²) in [5.41, 5.74) is -1.31. The van der Waals surface area contributed by atoms with Gasteiger partial charge < -0.3 is 25.5 Å². The van der Waals surface area contributed by atoms with E-state index in [0.717, 1.165) is 0 Å². The van der Waals surface area contributed by atoms with Crippen LogP contribution in [0.3, 0.4) is 0 Å². The largest absolute Gasteiger partial charge is 0.395 e. The third-order valence-corrected chi connectivity index (χ3v) is 2.88. The highest BCUT2D eigenvalue weighted by Gasteiger charge is 2.38. The van der Waals surface area contributed by atoms with Gasteiger partial charge in [0.15, 0.2) is 0 Å². The molecular formula is C11H25NO5. The van der Waals surface area contributed by atoms with Crippen LogP contribution in [0.15, 0.2) is 0 Å². The molecule has 0 rings (SSSR count). The molecule has 0 saturated carbocycles. The second kappa shape index (κ2) is 7.97. The van der Waals surface area contributed by atoms with Crippen LogP contribution in [0.2, 0.25) is 0 Å². The third kappa shape index (κ3) is 4.50. The van der Waals surface area contributed by atoms with Crippen LogP contribution in [0.25, 0.3) is 0 Å². The van der Waals surface area contributed by atoms with E-state index in [1.54, 1.807) is 0 Å². The smallest absolute Gasteiger partial charge is 0.108 e. The summed E-state index contributed by atoms with van der Waals surface area (Å²) in [4.78, 5) is 1.35. The van der Waals surface area contributed by atoms with Crippen molar-refractivity contribution in [1.29, 1.82) is 0 Å². The van der Waals surface area contributed by atoms with Gasteiger partial charge in [0.1, 0.15) is 6.23 Å². The zero-order valence-corrected chi connectivity index (χ0v) is 10.6. The van der Waals surface area contributed by atoms with Crippen molar-refractivity contribution in [3.63, 3.8) is 0 Å². The van der Waals surface area contributed by atoms with Crippen LogP contribution < -0.4 is 0 Å². The van der Waals surface area contributed by atoms with E-state index in [9.17, 15) is 20.4 Å². The van der Waals surface area contributed by atoms with Crippen LogP contribution in [0.5, 0.6) is 0 Å². The summed E-state index contributed by atoms with van der Waals surface area (Å²) in [6.45, 7) is 2.24. The molecule has 17 heavy (non-hydrogen) atoms. The van der Waals surface area contributed by atoms with Gasteiger partial charge in [-0.25, -0.2) is 0 Å². The van der Waals surface area contributed by atoms with Crippen molar-refractivity contribution in [1.82, 2.24) is 4.90 Å². The molecule has 0 radical (unpaired) electrons. The summed E-state index contributed by atoms with van der Waals surface area (Å²) >= 11 is 0. The van der Waals surface area contributed by atoms with Crippen LogP contribution in [0, 0.1) is 5.92 Å². The normalized spacial score (nSPS) is 14.6. The van der Waals surface area contributed by atoms with E-state index < -0.39 is 31.6 Å². The predicted molar refractivity (Wildman–Crippen MR) is 63.2 cm³/mol. The maximum atomic E-state index is 10.0. The van der Waals surface area contributed by atoms with E-state index in [1.165, 1.54) is 4.90 Å². The minimum atomic E-state index is -1.31. The second-order valence-electron chi connectivity index (χ2n) is 4.73. The van der Waals surface area contributed by atoms with Crippen LogP contribution in [-0.2, 0) is 0 Å². The van der Waals surface area contributed by atoms with Gasteiger partial charge in [-0.3, -0.25) is 4.90 Å². The van der Waals surface area contributed by atoms with E-state index in [0.29, 0.717) is 6.42 Å². The van der Waals surface area contributed by atoms with Crippen molar-refractivity contribution < 1.29 is 25.5 Å². The Kier molecular flexibility index (Phi) is 7.85. The summed E-state index contributed by atoms with van der Waals surface area (Å²) in [5, 5.41) is 46.9. The quantitative estimate of drug-likeness (QED) is 0.315. The number of aliphatic hydroxyl groups is 5. The van der Waals surface area contributed by atoms with Gasteiger partial charge in [0.05, 0.1) is 32.0 Å². The fraction of sp³-hybridized carbons (Fsp3) is 1.00. The van der Waals surface area contributed by atoms with E-state index in [2.05, 4.69) is 0 Å². The lowest BCUT2D eigenvalue weighted by Crippen LogP contribution is -2.61. The maximum Gasteiger partial charge on any atom is 0.108 e. The van der Waals surface area contributed by atoms with E-state index in [1.807, 2.05) is 13.8 Å². The van der Waals surface area contributed by atoms with E-state index >= 15 is 0 Å². The lowest BCUT2D eigenvalue weighted by atomic mass is 9.98. The number of hydrogen-bond donors (Lipinski definition) is 5. The molecule has 0 spiro atoms. The Bertz CT molecular complexity index is 188. The molecule has 0 aromatic heterocycles. The van der Waals surface area contributed by atoms with Crippen molar-refractivity contribution in [2.24, 2.45) is 5.92 Å². The molecule has 0 aromatic rings. The van der Waals surface area contributed by atoms with Gasteiger partial charge in [-0.1, -0.05) is 13.8 Å². The first kappa shape index (κ1) is 16.8. The van der Waals surface area contributed by atoms with E-state index in [-0.39, 0.29) is 19.1 Å². The lowest BCUT2D eigenvalue weighted by Gasteiger charge is -2.43. The first-order valence-electron chi connectivity index (χ1n) is 5.85. The van der Waals surface area contributed by atoms with Crippen LogP contribution in [0.4, 0.5) is 0 Å².